The van der Waals surface area contributed by atoms with Crippen molar-refractivity contribution < 1.29 is 9.78 Å². The molecule has 124 valence electrons. The van der Waals surface area contributed by atoms with Crippen molar-refractivity contribution in [1.82, 2.24) is 4.90 Å². The van der Waals surface area contributed by atoms with E-state index in [-0.39, 0.29) is 5.91 Å². The predicted octanol–water partition coefficient (Wildman–Crippen LogP) is 4.58. The Kier molecular flexibility index (Phi) is 4.01. The molecule has 1 aliphatic heterocycles. The molecule has 1 aliphatic rings. The van der Waals surface area contributed by atoms with Crippen molar-refractivity contribution >= 4 is 38.4 Å². The molecule has 0 bridgehead atoms. The number of likely N-dealkylation sites (tertiary alicyclic amines) is 1. The molecule has 0 aliphatic carbocycles. The smallest absolute Gasteiger partial charge is 0.268 e. The van der Waals surface area contributed by atoms with Crippen molar-refractivity contribution in [3.8, 4) is 0 Å². The number of carbonyl (C=O) groups excluding carboxylic acids is 1. The summed E-state index contributed by atoms with van der Waals surface area (Å²) in [7, 11) is 0. The van der Waals surface area contributed by atoms with Crippen molar-refractivity contribution in [2.75, 3.05) is 6.54 Å². The molecule has 1 N–H and O–H groups in total. The van der Waals surface area contributed by atoms with Crippen LogP contribution in [0.1, 0.15) is 47.8 Å². The van der Waals surface area contributed by atoms with Gasteiger partial charge in [0.1, 0.15) is 0 Å². The van der Waals surface area contributed by atoms with Crippen LogP contribution in [-0.4, -0.2) is 23.4 Å². The van der Waals surface area contributed by atoms with Crippen LogP contribution in [0.3, 0.4) is 0 Å². The van der Waals surface area contributed by atoms with Gasteiger partial charge in [-0.1, -0.05) is 24.3 Å². The summed E-state index contributed by atoms with van der Waals surface area (Å²) in [6, 6.07) is 11.1. The fraction of sp³-hybridized carbons (Fsp3) is 0.400. The monoisotopic (exact) mass is 339 g/mol. The number of H-pyrrole nitrogens is 1. The van der Waals surface area contributed by atoms with Crippen LogP contribution in [0, 0.1) is 6.92 Å². The molecular formula is C20H23N2OS+. The Hall–Kier alpha value is -1.94. The number of fused-ring (bicyclic) bond motifs is 2. The van der Waals surface area contributed by atoms with E-state index >= 15 is 0 Å². The van der Waals surface area contributed by atoms with Gasteiger partial charge in [-0.15, -0.1) is 0 Å². The third-order valence-electron chi connectivity index (χ3n) is 5.10. The highest BCUT2D eigenvalue weighted by Gasteiger charge is 2.28. The van der Waals surface area contributed by atoms with E-state index in [1.54, 1.807) is 11.3 Å². The van der Waals surface area contributed by atoms with Gasteiger partial charge < -0.3 is 4.90 Å². The van der Waals surface area contributed by atoms with Crippen LogP contribution < -0.4 is 4.98 Å². The van der Waals surface area contributed by atoms with E-state index in [9.17, 15) is 4.79 Å². The van der Waals surface area contributed by atoms with E-state index in [1.165, 1.54) is 17.4 Å². The number of pyridine rings is 1. The summed E-state index contributed by atoms with van der Waals surface area (Å²) in [5.74, 6) is 0.205. The molecule has 3 heterocycles. The second kappa shape index (κ2) is 6.17. The minimum Gasteiger partial charge on any atom is -0.335 e. The number of benzene rings is 1. The molecule has 1 atom stereocenters. The largest absolute Gasteiger partial charge is 0.335 e. The van der Waals surface area contributed by atoms with Crippen molar-refractivity contribution in [3.63, 3.8) is 0 Å². The molecule has 1 saturated heterocycles. The molecule has 4 heteroatoms. The molecule has 4 rings (SSSR count). The summed E-state index contributed by atoms with van der Waals surface area (Å²) in [6.07, 6.45) is 4.56. The first-order chi connectivity index (χ1) is 11.7. The van der Waals surface area contributed by atoms with Gasteiger partial charge in [0.05, 0.1) is 10.3 Å². The van der Waals surface area contributed by atoms with Gasteiger partial charge in [-0.3, -0.25) is 4.79 Å². The summed E-state index contributed by atoms with van der Waals surface area (Å²) in [5.41, 5.74) is 2.37. The summed E-state index contributed by atoms with van der Waals surface area (Å²) in [6.45, 7) is 5.18. The number of carbonyl (C=O) groups is 1. The number of aromatic nitrogens is 1. The Balaban J connectivity index is 1.73. The Morgan fingerprint density at radius 2 is 2.12 bits per heavy atom. The zero-order valence-electron chi connectivity index (χ0n) is 14.3. The maximum absolute atomic E-state index is 13.0. The second-order valence-corrected chi connectivity index (χ2v) is 7.86. The van der Waals surface area contributed by atoms with E-state index in [0.29, 0.717) is 6.04 Å². The molecule has 3 nitrogen and oxygen atoms in total. The number of hydrogen-bond acceptors (Lipinski definition) is 2. The summed E-state index contributed by atoms with van der Waals surface area (Å²) in [5, 5.41) is 2.32. The molecule has 24 heavy (non-hydrogen) atoms. The zero-order chi connectivity index (χ0) is 16.7. The number of nitrogens with zero attached hydrogens (tertiary/aromatic N) is 1. The van der Waals surface area contributed by atoms with Crippen LogP contribution in [0.15, 0.2) is 30.3 Å². The van der Waals surface area contributed by atoms with Gasteiger partial charge in [0.15, 0.2) is 0 Å². The number of piperidine rings is 1. The first-order valence-corrected chi connectivity index (χ1v) is 9.64. The van der Waals surface area contributed by atoms with Gasteiger partial charge in [0, 0.05) is 24.0 Å². The number of aromatic amines is 1. The Bertz CT molecular complexity index is 915. The lowest BCUT2D eigenvalue weighted by atomic mass is 10.00. The van der Waals surface area contributed by atoms with Crippen molar-refractivity contribution in [1.29, 1.82) is 0 Å². The van der Waals surface area contributed by atoms with E-state index in [1.807, 2.05) is 0 Å². The molecule has 1 amide bonds. The van der Waals surface area contributed by atoms with Crippen molar-refractivity contribution in [2.24, 2.45) is 0 Å². The lowest BCUT2D eigenvalue weighted by Gasteiger charge is -2.34. The molecular weight excluding hydrogens is 316 g/mol. The fourth-order valence-corrected chi connectivity index (χ4v) is 4.75. The summed E-state index contributed by atoms with van der Waals surface area (Å²) in [4.78, 5) is 20.5. The summed E-state index contributed by atoms with van der Waals surface area (Å²) < 4.78 is 0. The highest BCUT2D eigenvalue weighted by Crippen LogP contribution is 2.29. The van der Waals surface area contributed by atoms with E-state index in [2.05, 4.69) is 54.1 Å². The minimum absolute atomic E-state index is 0.205. The molecule has 1 unspecified atom stereocenters. The van der Waals surface area contributed by atoms with Gasteiger partial charge in [0.2, 0.25) is 5.52 Å². The number of amides is 1. The predicted molar refractivity (Wildman–Crippen MR) is 99.6 cm³/mol. The van der Waals surface area contributed by atoms with Crippen LogP contribution in [0.4, 0.5) is 0 Å². The van der Waals surface area contributed by atoms with Gasteiger partial charge in [0.25, 0.3) is 10.7 Å². The number of nitrogens with one attached hydrogen (secondary N) is 1. The van der Waals surface area contributed by atoms with Crippen LogP contribution >= 0.6 is 11.3 Å². The standard InChI is InChI=1S/C20H22N2OS/c1-3-16-6-4-5-9-22(16)20(23)18-12-15-11-14-8-7-13(2)10-17(14)21-19(15)24-18/h7-8,10-12,16H,3-6,9H2,1-2H3/p+1. The molecule has 0 saturated carbocycles. The lowest BCUT2D eigenvalue weighted by Crippen LogP contribution is -2.43. The SMILES string of the molecule is CCC1CCCCN1C(=O)c1cc2cc3ccc(C)cc3[nH+]c2s1. The normalized spacial score (nSPS) is 18.4. The van der Waals surface area contributed by atoms with Gasteiger partial charge >= 0.3 is 0 Å². The maximum Gasteiger partial charge on any atom is 0.268 e. The highest BCUT2D eigenvalue weighted by molar-refractivity contribution is 7.20. The van der Waals surface area contributed by atoms with Crippen LogP contribution in [0.25, 0.3) is 21.1 Å². The Morgan fingerprint density at radius 1 is 1.25 bits per heavy atom. The van der Waals surface area contributed by atoms with Crippen molar-refractivity contribution in [3.05, 3.63) is 40.8 Å². The second-order valence-electron chi connectivity index (χ2n) is 6.81. The summed E-state index contributed by atoms with van der Waals surface area (Å²) >= 11 is 1.59. The number of aryl methyl sites for hydroxylation is 1. The van der Waals surface area contributed by atoms with Crippen LogP contribution in [-0.2, 0) is 0 Å². The molecule has 1 fully saturated rings. The first kappa shape index (κ1) is 15.6. The van der Waals surface area contributed by atoms with E-state index < -0.39 is 0 Å². The molecule has 2 aromatic heterocycles. The van der Waals surface area contributed by atoms with Gasteiger partial charge in [-0.05, 0) is 56.4 Å². The average molecular weight is 339 g/mol. The topological polar surface area (TPSA) is 34.5 Å². The average Bonchev–Trinajstić information content (AvgIpc) is 3.01. The fourth-order valence-electron chi connectivity index (χ4n) is 3.74. The van der Waals surface area contributed by atoms with E-state index in [4.69, 9.17) is 0 Å². The minimum atomic E-state index is 0.205. The van der Waals surface area contributed by atoms with Crippen LogP contribution in [0.2, 0.25) is 0 Å². The maximum atomic E-state index is 13.0. The number of hydrogen-bond donors (Lipinski definition) is 0. The van der Waals surface area contributed by atoms with Gasteiger partial charge in [-0.2, -0.15) is 4.98 Å². The van der Waals surface area contributed by atoms with Crippen LogP contribution in [0.5, 0.6) is 0 Å². The zero-order valence-corrected chi connectivity index (χ0v) is 15.1. The van der Waals surface area contributed by atoms with E-state index in [0.717, 1.165) is 46.4 Å². The molecule has 3 aromatic rings. The third-order valence-corrected chi connectivity index (χ3v) is 6.15. The number of rotatable bonds is 2. The Labute approximate surface area is 146 Å². The highest BCUT2D eigenvalue weighted by atomic mass is 32.1. The Morgan fingerprint density at radius 3 is 2.96 bits per heavy atom. The quantitative estimate of drug-likeness (QED) is 0.673. The number of thiophene rings is 1. The first-order valence-electron chi connectivity index (χ1n) is 8.83. The lowest BCUT2D eigenvalue weighted by molar-refractivity contribution is -0.307. The van der Waals surface area contributed by atoms with Crippen molar-refractivity contribution in [2.45, 2.75) is 45.6 Å². The molecule has 0 radical (unpaired) electrons. The third kappa shape index (κ3) is 2.69. The molecule has 0 spiro atoms. The van der Waals surface area contributed by atoms with Gasteiger partial charge in [-0.25, -0.2) is 0 Å². The molecule has 1 aromatic carbocycles.